The van der Waals surface area contributed by atoms with Gasteiger partial charge in [0.1, 0.15) is 0 Å². The Morgan fingerprint density at radius 1 is 1.42 bits per heavy atom. The fourth-order valence-corrected chi connectivity index (χ4v) is 2.27. The summed E-state index contributed by atoms with van der Waals surface area (Å²) in [7, 11) is 2.02. The van der Waals surface area contributed by atoms with Crippen LogP contribution in [-0.4, -0.2) is 41.1 Å². The van der Waals surface area contributed by atoms with Gasteiger partial charge in [0.05, 0.1) is 17.9 Å². The van der Waals surface area contributed by atoms with Gasteiger partial charge in [0.15, 0.2) is 0 Å². The van der Waals surface area contributed by atoms with E-state index in [1.54, 1.807) is 0 Å². The third-order valence-electron chi connectivity index (χ3n) is 3.50. The van der Waals surface area contributed by atoms with E-state index in [4.69, 9.17) is 0 Å². The summed E-state index contributed by atoms with van der Waals surface area (Å²) in [6.07, 6.45) is 8.05. The molecule has 0 radical (unpaired) electrons. The highest BCUT2D eigenvalue weighted by Gasteiger charge is 2.26. The maximum Gasteiger partial charge on any atom is 0.0810 e. The molecular weight excluding hydrogens is 238 g/mol. The molecule has 2 N–H and O–H groups in total. The standard InChI is InChI=1S/C14H19N5/c1-15-13-8-18(9-13)14-5-7-17-19(11-14)10-12-4-2-3-6-16-12/h2-7,11,13,15,17H,8-10H2,1H3. The summed E-state index contributed by atoms with van der Waals surface area (Å²) >= 11 is 0. The van der Waals surface area contributed by atoms with Crippen molar-refractivity contribution < 1.29 is 0 Å². The molecule has 2 aliphatic heterocycles. The second-order valence-corrected chi connectivity index (χ2v) is 4.86. The minimum absolute atomic E-state index is 0.619. The molecular formula is C14H19N5. The Labute approximate surface area is 113 Å². The molecule has 5 nitrogen and oxygen atoms in total. The molecule has 1 aromatic heterocycles. The molecule has 5 heteroatoms. The average molecular weight is 257 g/mol. The largest absolute Gasteiger partial charge is 0.367 e. The number of likely N-dealkylation sites (tertiary alicyclic amines) is 1. The van der Waals surface area contributed by atoms with Crippen molar-refractivity contribution in [2.45, 2.75) is 12.6 Å². The highest BCUT2D eigenvalue weighted by atomic mass is 15.5. The van der Waals surface area contributed by atoms with E-state index in [-0.39, 0.29) is 0 Å². The quantitative estimate of drug-likeness (QED) is 0.829. The lowest BCUT2D eigenvalue weighted by molar-refractivity contribution is 0.172. The van der Waals surface area contributed by atoms with Gasteiger partial charge < -0.3 is 15.6 Å². The van der Waals surface area contributed by atoms with Crippen molar-refractivity contribution in [3.05, 3.63) is 54.3 Å². The highest BCUT2D eigenvalue weighted by Crippen LogP contribution is 2.18. The number of likely N-dealkylation sites (N-methyl/N-ethyl adjacent to an activating group) is 1. The van der Waals surface area contributed by atoms with E-state index in [0.717, 1.165) is 25.3 Å². The molecule has 0 bridgehead atoms. The molecule has 0 unspecified atom stereocenters. The van der Waals surface area contributed by atoms with Gasteiger partial charge in [-0.2, -0.15) is 0 Å². The van der Waals surface area contributed by atoms with Crippen LogP contribution in [0.1, 0.15) is 5.69 Å². The van der Waals surface area contributed by atoms with Gasteiger partial charge in [0, 0.05) is 37.7 Å². The third kappa shape index (κ3) is 2.71. The Morgan fingerprint density at radius 2 is 2.32 bits per heavy atom. The molecule has 0 saturated carbocycles. The molecule has 0 aliphatic carbocycles. The lowest BCUT2D eigenvalue weighted by Gasteiger charge is -2.42. The van der Waals surface area contributed by atoms with E-state index < -0.39 is 0 Å². The Bertz CT molecular complexity index is 476. The van der Waals surface area contributed by atoms with Crippen molar-refractivity contribution in [1.29, 1.82) is 0 Å². The van der Waals surface area contributed by atoms with Crippen LogP contribution in [0.25, 0.3) is 0 Å². The van der Waals surface area contributed by atoms with Gasteiger partial charge in [-0.05, 0) is 25.3 Å². The number of nitrogens with one attached hydrogen (secondary N) is 2. The van der Waals surface area contributed by atoms with Crippen molar-refractivity contribution >= 4 is 0 Å². The fraction of sp³-hybridized carbons (Fsp3) is 0.357. The monoisotopic (exact) mass is 257 g/mol. The van der Waals surface area contributed by atoms with E-state index >= 15 is 0 Å². The molecule has 19 heavy (non-hydrogen) atoms. The van der Waals surface area contributed by atoms with Gasteiger partial charge in [-0.3, -0.25) is 9.99 Å². The zero-order valence-electron chi connectivity index (χ0n) is 11.1. The maximum absolute atomic E-state index is 4.34. The molecule has 0 spiro atoms. The Morgan fingerprint density at radius 3 is 3.05 bits per heavy atom. The minimum Gasteiger partial charge on any atom is -0.367 e. The summed E-state index contributed by atoms with van der Waals surface area (Å²) in [6.45, 7) is 2.91. The first kappa shape index (κ1) is 12.0. The molecule has 3 rings (SSSR count). The van der Waals surface area contributed by atoms with E-state index in [2.05, 4.69) is 37.9 Å². The van der Waals surface area contributed by atoms with Crippen LogP contribution in [0.5, 0.6) is 0 Å². The zero-order valence-corrected chi connectivity index (χ0v) is 11.1. The number of pyridine rings is 1. The molecule has 1 saturated heterocycles. The van der Waals surface area contributed by atoms with Crippen LogP contribution in [0.4, 0.5) is 0 Å². The molecule has 1 fully saturated rings. The Balaban J connectivity index is 1.62. The molecule has 2 aliphatic rings. The molecule has 3 heterocycles. The summed E-state index contributed by atoms with van der Waals surface area (Å²) in [5.41, 5.74) is 5.52. The summed E-state index contributed by atoms with van der Waals surface area (Å²) in [5.74, 6) is 0. The van der Waals surface area contributed by atoms with Crippen LogP contribution >= 0.6 is 0 Å². The summed E-state index contributed by atoms with van der Waals surface area (Å²) < 4.78 is 0. The fourth-order valence-electron chi connectivity index (χ4n) is 2.27. The van der Waals surface area contributed by atoms with E-state index in [1.807, 2.05) is 37.6 Å². The van der Waals surface area contributed by atoms with Gasteiger partial charge in [-0.1, -0.05) is 6.07 Å². The number of nitrogens with zero attached hydrogens (tertiary/aromatic N) is 3. The predicted molar refractivity (Wildman–Crippen MR) is 74.6 cm³/mol. The third-order valence-corrected chi connectivity index (χ3v) is 3.50. The number of allylic oxidation sites excluding steroid dienone is 1. The molecule has 100 valence electrons. The molecule has 0 amide bonds. The van der Waals surface area contributed by atoms with Gasteiger partial charge in [0.25, 0.3) is 0 Å². The van der Waals surface area contributed by atoms with Crippen molar-refractivity contribution in [3.63, 3.8) is 0 Å². The number of hydrogen-bond donors (Lipinski definition) is 2. The van der Waals surface area contributed by atoms with Crippen LogP contribution < -0.4 is 10.7 Å². The highest BCUT2D eigenvalue weighted by molar-refractivity contribution is 5.22. The first-order valence-corrected chi connectivity index (χ1v) is 6.58. The van der Waals surface area contributed by atoms with Crippen LogP contribution in [0, 0.1) is 0 Å². The number of hydrazine groups is 1. The zero-order chi connectivity index (χ0) is 13.1. The van der Waals surface area contributed by atoms with E-state index in [1.165, 1.54) is 5.70 Å². The normalized spacial score (nSPS) is 18.9. The molecule has 0 aromatic carbocycles. The van der Waals surface area contributed by atoms with Crippen molar-refractivity contribution in [3.8, 4) is 0 Å². The second kappa shape index (κ2) is 5.32. The second-order valence-electron chi connectivity index (χ2n) is 4.86. The first-order valence-electron chi connectivity index (χ1n) is 6.58. The lowest BCUT2D eigenvalue weighted by Crippen LogP contribution is -2.56. The predicted octanol–water partition coefficient (Wildman–Crippen LogP) is 0.660. The van der Waals surface area contributed by atoms with Crippen LogP contribution in [0.3, 0.4) is 0 Å². The molecule has 1 aromatic rings. The number of rotatable bonds is 4. The topological polar surface area (TPSA) is 43.4 Å². The van der Waals surface area contributed by atoms with Gasteiger partial charge in [-0.25, -0.2) is 0 Å². The first-order chi connectivity index (χ1) is 9.35. The van der Waals surface area contributed by atoms with Crippen LogP contribution in [0.2, 0.25) is 0 Å². The van der Waals surface area contributed by atoms with Crippen molar-refractivity contribution in [2.24, 2.45) is 0 Å². The summed E-state index contributed by atoms with van der Waals surface area (Å²) in [4.78, 5) is 6.71. The van der Waals surface area contributed by atoms with Gasteiger partial charge >= 0.3 is 0 Å². The Hall–Kier alpha value is -2.01. The number of hydrogen-bond acceptors (Lipinski definition) is 5. The lowest BCUT2D eigenvalue weighted by atomic mass is 10.1. The van der Waals surface area contributed by atoms with Crippen LogP contribution in [-0.2, 0) is 6.54 Å². The smallest absolute Gasteiger partial charge is 0.0810 e. The minimum atomic E-state index is 0.619. The number of aromatic nitrogens is 1. The van der Waals surface area contributed by atoms with Gasteiger partial charge in [-0.15, -0.1) is 0 Å². The van der Waals surface area contributed by atoms with E-state index in [9.17, 15) is 0 Å². The maximum atomic E-state index is 4.34. The van der Waals surface area contributed by atoms with Crippen molar-refractivity contribution in [1.82, 2.24) is 25.6 Å². The average Bonchev–Trinajstić information content (AvgIpc) is 2.39. The molecule has 0 atom stereocenters. The summed E-state index contributed by atoms with van der Waals surface area (Å²) in [5, 5.41) is 5.35. The Kier molecular flexibility index (Phi) is 3.37. The van der Waals surface area contributed by atoms with Crippen molar-refractivity contribution in [2.75, 3.05) is 20.1 Å². The van der Waals surface area contributed by atoms with Gasteiger partial charge in [0.2, 0.25) is 0 Å². The summed E-state index contributed by atoms with van der Waals surface area (Å²) in [6, 6.07) is 6.61. The SMILES string of the molecule is CNC1CN(C2=CN(Cc3ccccn3)NC=C2)C1. The van der Waals surface area contributed by atoms with Crippen LogP contribution in [0.15, 0.2) is 48.6 Å². The van der Waals surface area contributed by atoms with E-state index in [0.29, 0.717) is 6.04 Å².